The summed E-state index contributed by atoms with van der Waals surface area (Å²) in [6.07, 6.45) is -2.58. The lowest BCUT2D eigenvalue weighted by molar-refractivity contribution is -0.165. The van der Waals surface area contributed by atoms with Gasteiger partial charge in [-0.25, -0.2) is 9.78 Å². The molecule has 0 spiro atoms. The number of aliphatic carboxylic acids is 1. The van der Waals surface area contributed by atoms with Crippen LogP contribution in [0.3, 0.4) is 0 Å². The maximum atomic E-state index is 13.3. The summed E-state index contributed by atoms with van der Waals surface area (Å²) in [7, 11) is 1.66. The number of aliphatic hydroxyl groups excluding tert-OH is 1. The number of likely N-dealkylation sites (N-methyl/N-ethyl adjacent to an activating group) is 1. The standard InChI is InChI=1S/C27H35BN4O8/c1-15(2)14-20(28-39-23(26(36)37)22(32(4)5)27(38)40-28)30-25(35)21(16(3)33)31-24(34)19-13-9-12-18(29-19)17-10-7-6-8-11-17/h6-13,15-16,20-23,33H,14H2,1-5H3,(H,30,35)(H,31,34)(H,36,37)/t16-,20+,21+,22-,23-/m1/s1. The summed E-state index contributed by atoms with van der Waals surface area (Å²) in [6, 6.07) is 11.6. The number of carboxylic acids is 1. The number of aliphatic hydroxyl groups is 1. The number of aromatic nitrogens is 1. The summed E-state index contributed by atoms with van der Waals surface area (Å²) in [5, 5.41) is 25.2. The predicted octanol–water partition coefficient (Wildman–Crippen LogP) is 0.743. The molecule has 1 saturated heterocycles. The van der Waals surface area contributed by atoms with Gasteiger partial charge in [-0.1, -0.05) is 50.2 Å². The fourth-order valence-corrected chi connectivity index (χ4v) is 4.38. The van der Waals surface area contributed by atoms with Crippen LogP contribution >= 0.6 is 0 Å². The SMILES string of the molecule is CC(C)C[C@H](NC(=O)[C@@H](NC(=O)c1cccc(-c2ccccc2)n1)[C@@H](C)O)B1OC(=O)[C@H](N(C)C)[C@H](C(=O)O)O1. The number of pyridine rings is 1. The molecule has 1 aliphatic rings. The topological polar surface area (TPSA) is 167 Å². The van der Waals surface area contributed by atoms with E-state index >= 15 is 0 Å². The van der Waals surface area contributed by atoms with E-state index in [0.29, 0.717) is 5.69 Å². The quantitative estimate of drug-likeness (QED) is 0.291. The van der Waals surface area contributed by atoms with Crippen LogP contribution in [0.4, 0.5) is 0 Å². The van der Waals surface area contributed by atoms with E-state index in [2.05, 4.69) is 15.6 Å². The Balaban J connectivity index is 1.78. The Morgan fingerprint density at radius 1 is 1.05 bits per heavy atom. The number of carboxylic acid groups (broad SMARTS) is 1. The van der Waals surface area contributed by atoms with Crippen LogP contribution in [-0.2, 0) is 23.7 Å². The highest BCUT2D eigenvalue weighted by atomic mass is 16.6. The normalized spacial score (nSPS) is 19.5. The van der Waals surface area contributed by atoms with Gasteiger partial charge < -0.3 is 30.2 Å². The van der Waals surface area contributed by atoms with Crippen molar-refractivity contribution in [2.75, 3.05) is 14.1 Å². The molecule has 0 aliphatic carbocycles. The van der Waals surface area contributed by atoms with E-state index in [-0.39, 0.29) is 18.0 Å². The Bertz CT molecular complexity index is 1210. The van der Waals surface area contributed by atoms with Crippen LogP contribution in [0, 0.1) is 5.92 Å². The molecule has 12 nitrogen and oxygen atoms in total. The fourth-order valence-electron chi connectivity index (χ4n) is 4.38. The van der Waals surface area contributed by atoms with Gasteiger partial charge in [0, 0.05) is 5.56 Å². The van der Waals surface area contributed by atoms with Gasteiger partial charge in [0.25, 0.3) is 5.91 Å². The average molecular weight is 554 g/mol. The first-order valence-corrected chi connectivity index (χ1v) is 13.0. The minimum absolute atomic E-state index is 0.0213. The Morgan fingerprint density at radius 2 is 1.73 bits per heavy atom. The zero-order chi connectivity index (χ0) is 29.6. The Morgan fingerprint density at radius 3 is 2.30 bits per heavy atom. The first-order valence-electron chi connectivity index (χ1n) is 13.0. The second-order valence-electron chi connectivity index (χ2n) is 10.3. The molecule has 214 valence electrons. The van der Waals surface area contributed by atoms with E-state index in [1.165, 1.54) is 32.0 Å². The van der Waals surface area contributed by atoms with Crippen molar-refractivity contribution in [3.05, 3.63) is 54.2 Å². The van der Waals surface area contributed by atoms with Crippen LogP contribution in [-0.4, -0.2) is 95.3 Å². The highest BCUT2D eigenvalue weighted by Crippen LogP contribution is 2.21. The van der Waals surface area contributed by atoms with Crippen LogP contribution in [0.15, 0.2) is 48.5 Å². The van der Waals surface area contributed by atoms with Crippen LogP contribution < -0.4 is 10.6 Å². The van der Waals surface area contributed by atoms with Crippen LogP contribution in [0.2, 0.25) is 0 Å². The highest BCUT2D eigenvalue weighted by Gasteiger charge is 2.51. The molecule has 5 atom stereocenters. The van der Waals surface area contributed by atoms with E-state index in [9.17, 15) is 29.4 Å². The molecule has 0 bridgehead atoms. The third kappa shape index (κ3) is 7.65. The van der Waals surface area contributed by atoms with Crippen molar-refractivity contribution in [2.45, 2.75) is 57.4 Å². The highest BCUT2D eigenvalue weighted by molar-refractivity contribution is 6.50. The molecular weight excluding hydrogens is 519 g/mol. The molecule has 2 amide bonds. The summed E-state index contributed by atoms with van der Waals surface area (Å²) < 4.78 is 11.1. The van der Waals surface area contributed by atoms with E-state index in [0.717, 1.165) is 5.56 Å². The summed E-state index contributed by atoms with van der Waals surface area (Å²) >= 11 is 0. The Kier molecular flexibility index (Phi) is 10.4. The zero-order valence-corrected chi connectivity index (χ0v) is 23.1. The van der Waals surface area contributed by atoms with Gasteiger partial charge >= 0.3 is 19.1 Å². The maximum absolute atomic E-state index is 13.3. The second-order valence-corrected chi connectivity index (χ2v) is 10.3. The van der Waals surface area contributed by atoms with Crippen molar-refractivity contribution in [3.8, 4) is 11.3 Å². The van der Waals surface area contributed by atoms with Crippen molar-refractivity contribution in [3.63, 3.8) is 0 Å². The third-order valence-corrected chi connectivity index (χ3v) is 6.33. The molecule has 1 aromatic carbocycles. The van der Waals surface area contributed by atoms with Crippen molar-refractivity contribution in [1.29, 1.82) is 0 Å². The number of carbonyl (C=O) groups is 4. The van der Waals surface area contributed by atoms with Gasteiger partial charge in [-0.3, -0.25) is 19.3 Å². The van der Waals surface area contributed by atoms with Gasteiger partial charge in [0.05, 0.1) is 17.7 Å². The maximum Gasteiger partial charge on any atom is 0.552 e. The molecule has 13 heteroatoms. The minimum Gasteiger partial charge on any atom is -0.507 e. The summed E-state index contributed by atoms with van der Waals surface area (Å²) in [5.74, 6) is -4.59. The smallest absolute Gasteiger partial charge is 0.507 e. The van der Waals surface area contributed by atoms with E-state index in [1.807, 2.05) is 44.2 Å². The summed E-state index contributed by atoms with van der Waals surface area (Å²) in [6.45, 7) is 5.07. The first kappa shape index (κ1) is 30.7. The summed E-state index contributed by atoms with van der Waals surface area (Å²) in [5.41, 5.74) is 1.40. The second kappa shape index (κ2) is 13.5. The molecule has 0 radical (unpaired) electrons. The minimum atomic E-state index is -1.52. The predicted molar refractivity (Wildman–Crippen MR) is 146 cm³/mol. The number of nitrogens with one attached hydrogen (secondary N) is 2. The molecule has 0 unspecified atom stereocenters. The van der Waals surface area contributed by atoms with Gasteiger partial charge in [-0.05, 0) is 45.5 Å². The molecule has 3 rings (SSSR count). The monoisotopic (exact) mass is 554 g/mol. The Hall–Kier alpha value is -3.81. The number of rotatable bonds is 11. The van der Waals surface area contributed by atoms with E-state index < -0.39 is 61.1 Å². The van der Waals surface area contributed by atoms with Gasteiger partial charge in [-0.2, -0.15) is 0 Å². The molecule has 2 aromatic rings. The van der Waals surface area contributed by atoms with Gasteiger partial charge in [0.1, 0.15) is 17.8 Å². The van der Waals surface area contributed by atoms with Gasteiger partial charge in [0.15, 0.2) is 6.10 Å². The van der Waals surface area contributed by atoms with Crippen LogP contribution in [0.1, 0.15) is 37.7 Å². The number of hydrogen-bond donors (Lipinski definition) is 4. The number of amides is 2. The number of nitrogens with zero attached hydrogens (tertiary/aromatic N) is 2. The first-order chi connectivity index (χ1) is 18.9. The molecule has 0 saturated carbocycles. The lowest BCUT2D eigenvalue weighted by Crippen LogP contribution is -2.65. The average Bonchev–Trinajstić information content (AvgIpc) is 2.90. The van der Waals surface area contributed by atoms with Crippen molar-refractivity contribution >= 4 is 30.9 Å². The van der Waals surface area contributed by atoms with Gasteiger partial charge in [0.2, 0.25) is 5.91 Å². The van der Waals surface area contributed by atoms with Crippen molar-refractivity contribution < 1.29 is 38.7 Å². The fraction of sp³-hybridized carbons (Fsp3) is 0.444. The van der Waals surface area contributed by atoms with Crippen LogP contribution in [0.5, 0.6) is 0 Å². The molecular formula is C27H35BN4O8. The molecule has 1 aliphatic heterocycles. The third-order valence-electron chi connectivity index (χ3n) is 6.33. The molecule has 2 heterocycles. The van der Waals surface area contributed by atoms with E-state index in [4.69, 9.17) is 9.31 Å². The molecule has 1 fully saturated rings. The van der Waals surface area contributed by atoms with E-state index in [1.54, 1.807) is 12.1 Å². The number of carbonyl (C=O) groups excluding carboxylic acids is 3. The molecule has 4 N–H and O–H groups in total. The zero-order valence-electron chi connectivity index (χ0n) is 23.1. The van der Waals surface area contributed by atoms with Crippen LogP contribution in [0.25, 0.3) is 11.3 Å². The molecule has 1 aromatic heterocycles. The van der Waals surface area contributed by atoms with Crippen molar-refractivity contribution in [2.24, 2.45) is 5.92 Å². The Labute approximate surface area is 233 Å². The molecule has 40 heavy (non-hydrogen) atoms. The largest absolute Gasteiger partial charge is 0.552 e. The van der Waals surface area contributed by atoms with Crippen molar-refractivity contribution in [1.82, 2.24) is 20.5 Å². The summed E-state index contributed by atoms with van der Waals surface area (Å²) in [4.78, 5) is 56.7. The lowest BCUT2D eigenvalue weighted by atomic mass is 9.72. The lowest BCUT2D eigenvalue weighted by Gasteiger charge is -2.38. The van der Waals surface area contributed by atoms with Gasteiger partial charge in [-0.15, -0.1) is 0 Å². The number of benzene rings is 1. The number of hydrogen-bond acceptors (Lipinski definition) is 9.